The van der Waals surface area contributed by atoms with E-state index in [9.17, 15) is 0 Å². The van der Waals surface area contributed by atoms with Gasteiger partial charge in [-0.15, -0.1) is 0 Å². The maximum absolute atomic E-state index is 5.54. The summed E-state index contributed by atoms with van der Waals surface area (Å²) in [6.07, 6.45) is 4.01. The Hall–Kier alpha value is -1.56. The van der Waals surface area contributed by atoms with E-state index in [1.807, 2.05) is 0 Å². The molecular weight excluding hydrogens is 220 g/mol. The zero-order valence-electron chi connectivity index (χ0n) is 10.2. The molecule has 1 aliphatic heterocycles. The van der Waals surface area contributed by atoms with Crippen LogP contribution in [0.15, 0.2) is 6.33 Å². The molecule has 1 fully saturated rings. The first-order chi connectivity index (χ1) is 8.35. The zero-order chi connectivity index (χ0) is 12.1. The van der Waals surface area contributed by atoms with Gasteiger partial charge in [0.1, 0.15) is 6.33 Å². The maximum atomic E-state index is 5.54. The van der Waals surface area contributed by atoms with Crippen molar-refractivity contribution in [1.82, 2.24) is 9.97 Å². The number of aromatic nitrogens is 2. The Balaban J connectivity index is 2.03. The third-order valence-corrected chi connectivity index (χ3v) is 2.77. The fraction of sp³-hybridized carbons (Fsp3) is 0.636. The summed E-state index contributed by atoms with van der Waals surface area (Å²) in [6, 6.07) is 0. The lowest BCUT2D eigenvalue weighted by Crippen LogP contribution is -2.19. The second-order valence-corrected chi connectivity index (χ2v) is 3.87. The molecule has 1 atom stereocenters. The molecule has 0 radical (unpaired) electrons. The van der Waals surface area contributed by atoms with Crippen molar-refractivity contribution >= 4 is 11.6 Å². The van der Waals surface area contributed by atoms with E-state index in [-0.39, 0.29) is 6.10 Å². The number of rotatable bonds is 5. The summed E-state index contributed by atoms with van der Waals surface area (Å²) in [7, 11) is 3.41. The Morgan fingerprint density at radius 2 is 2.29 bits per heavy atom. The molecule has 2 rings (SSSR count). The van der Waals surface area contributed by atoms with Crippen LogP contribution in [0.1, 0.15) is 12.8 Å². The van der Waals surface area contributed by atoms with Gasteiger partial charge < -0.3 is 20.1 Å². The van der Waals surface area contributed by atoms with Crippen molar-refractivity contribution < 1.29 is 9.47 Å². The maximum Gasteiger partial charge on any atom is 0.204 e. The van der Waals surface area contributed by atoms with Crippen LogP contribution in [-0.4, -0.2) is 43.4 Å². The number of ether oxygens (including phenoxy) is 2. The summed E-state index contributed by atoms with van der Waals surface area (Å²) < 4.78 is 10.8. The minimum absolute atomic E-state index is 0.271. The number of nitrogens with one attached hydrogen (secondary N) is 2. The normalized spacial score (nSPS) is 19.1. The summed E-state index contributed by atoms with van der Waals surface area (Å²) in [4.78, 5) is 8.27. The van der Waals surface area contributed by atoms with E-state index in [4.69, 9.17) is 9.47 Å². The van der Waals surface area contributed by atoms with E-state index in [1.54, 1.807) is 14.2 Å². The number of methoxy groups -OCH3 is 1. The number of anilines is 2. The predicted octanol–water partition coefficient (Wildman–Crippen LogP) is 1.12. The molecular formula is C11H18N4O2. The van der Waals surface area contributed by atoms with Crippen molar-refractivity contribution in [3.63, 3.8) is 0 Å². The van der Waals surface area contributed by atoms with Gasteiger partial charge >= 0.3 is 0 Å². The van der Waals surface area contributed by atoms with Crippen molar-refractivity contribution in [3.8, 4) is 5.75 Å². The molecule has 2 heterocycles. The van der Waals surface area contributed by atoms with Crippen LogP contribution in [0, 0.1) is 0 Å². The van der Waals surface area contributed by atoms with Crippen molar-refractivity contribution in [2.75, 3.05) is 37.9 Å². The first-order valence-electron chi connectivity index (χ1n) is 5.77. The Morgan fingerprint density at radius 1 is 1.47 bits per heavy atom. The lowest BCUT2D eigenvalue weighted by atomic mass is 10.2. The molecule has 17 heavy (non-hydrogen) atoms. The van der Waals surface area contributed by atoms with Crippen molar-refractivity contribution in [3.05, 3.63) is 6.33 Å². The molecule has 1 aliphatic rings. The van der Waals surface area contributed by atoms with E-state index in [0.717, 1.165) is 26.0 Å². The van der Waals surface area contributed by atoms with Gasteiger partial charge in [0.15, 0.2) is 11.6 Å². The van der Waals surface area contributed by atoms with Gasteiger partial charge in [0.25, 0.3) is 0 Å². The van der Waals surface area contributed by atoms with Crippen molar-refractivity contribution in [1.29, 1.82) is 0 Å². The molecule has 1 unspecified atom stereocenters. The van der Waals surface area contributed by atoms with Crippen LogP contribution < -0.4 is 15.4 Å². The number of nitrogens with zero attached hydrogens (tertiary/aromatic N) is 2. The Kier molecular flexibility index (Phi) is 3.98. The van der Waals surface area contributed by atoms with Gasteiger partial charge in [-0.05, 0) is 12.8 Å². The standard InChI is InChI=1S/C11H18N4O2/c1-12-10-9(16-2)11(15-7-14-10)13-6-8-4-3-5-17-8/h7-8H,3-6H2,1-2H3,(H2,12,13,14,15). The minimum Gasteiger partial charge on any atom is -0.490 e. The monoisotopic (exact) mass is 238 g/mol. The summed E-state index contributed by atoms with van der Waals surface area (Å²) in [6.45, 7) is 1.60. The van der Waals surface area contributed by atoms with E-state index in [1.165, 1.54) is 6.33 Å². The van der Waals surface area contributed by atoms with Gasteiger partial charge in [0.2, 0.25) is 5.75 Å². The Bertz CT molecular complexity index is 366. The van der Waals surface area contributed by atoms with Crippen LogP contribution in [0.4, 0.5) is 11.6 Å². The van der Waals surface area contributed by atoms with Crippen LogP contribution in [-0.2, 0) is 4.74 Å². The van der Waals surface area contributed by atoms with Gasteiger partial charge in [-0.25, -0.2) is 9.97 Å². The first kappa shape index (κ1) is 11.9. The lowest BCUT2D eigenvalue weighted by Gasteiger charge is -2.15. The van der Waals surface area contributed by atoms with Gasteiger partial charge in [0.05, 0.1) is 13.2 Å². The van der Waals surface area contributed by atoms with E-state index in [2.05, 4.69) is 20.6 Å². The zero-order valence-corrected chi connectivity index (χ0v) is 10.2. The summed E-state index contributed by atoms with van der Waals surface area (Å²) in [5, 5.41) is 6.21. The minimum atomic E-state index is 0.271. The smallest absolute Gasteiger partial charge is 0.204 e. The number of hydrogen-bond acceptors (Lipinski definition) is 6. The highest BCUT2D eigenvalue weighted by atomic mass is 16.5. The highest BCUT2D eigenvalue weighted by molar-refractivity contribution is 5.63. The van der Waals surface area contributed by atoms with Gasteiger partial charge in [-0.1, -0.05) is 0 Å². The molecule has 1 aromatic heterocycles. The quantitative estimate of drug-likeness (QED) is 0.801. The van der Waals surface area contributed by atoms with Crippen molar-refractivity contribution in [2.24, 2.45) is 0 Å². The summed E-state index contributed by atoms with van der Waals surface area (Å²) >= 11 is 0. The summed E-state index contributed by atoms with van der Waals surface area (Å²) in [5.41, 5.74) is 0. The van der Waals surface area contributed by atoms with E-state index < -0.39 is 0 Å². The molecule has 6 heteroatoms. The van der Waals surface area contributed by atoms with Crippen LogP contribution in [0.3, 0.4) is 0 Å². The van der Waals surface area contributed by atoms with Crippen LogP contribution in [0.2, 0.25) is 0 Å². The average molecular weight is 238 g/mol. The van der Waals surface area contributed by atoms with E-state index >= 15 is 0 Å². The second kappa shape index (κ2) is 5.67. The lowest BCUT2D eigenvalue weighted by molar-refractivity contribution is 0.120. The highest BCUT2D eigenvalue weighted by Crippen LogP contribution is 2.28. The number of hydrogen-bond donors (Lipinski definition) is 2. The fourth-order valence-corrected chi connectivity index (χ4v) is 1.89. The summed E-state index contributed by atoms with van der Waals surface area (Å²) in [5.74, 6) is 2.01. The average Bonchev–Trinajstić information content (AvgIpc) is 2.88. The highest BCUT2D eigenvalue weighted by Gasteiger charge is 2.17. The van der Waals surface area contributed by atoms with E-state index in [0.29, 0.717) is 17.4 Å². The van der Waals surface area contributed by atoms with Gasteiger partial charge in [-0.3, -0.25) is 0 Å². The van der Waals surface area contributed by atoms with Gasteiger partial charge in [0, 0.05) is 20.2 Å². The van der Waals surface area contributed by atoms with Crippen LogP contribution in [0.5, 0.6) is 5.75 Å². The molecule has 0 aromatic carbocycles. The van der Waals surface area contributed by atoms with Gasteiger partial charge in [-0.2, -0.15) is 0 Å². The third-order valence-electron chi connectivity index (χ3n) is 2.77. The molecule has 1 saturated heterocycles. The molecule has 0 aliphatic carbocycles. The molecule has 0 amide bonds. The van der Waals surface area contributed by atoms with Crippen LogP contribution >= 0.6 is 0 Å². The second-order valence-electron chi connectivity index (χ2n) is 3.87. The topological polar surface area (TPSA) is 68.3 Å². The Labute approximate surface area is 101 Å². The molecule has 94 valence electrons. The molecule has 1 aromatic rings. The largest absolute Gasteiger partial charge is 0.490 e. The molecule has 6 nitrogen and oxygen atoms in total. The molecule has 0 saturated carbocycles. The fourth-order valence-electron chi connectivity index (χ4n) is 1.89. The van der Waals surface area contributed by atoms with Crippen LogP contribution in [0.25, 0.3) is 0 Å². The molecule has 0 bridgehead atoms. The first-order valence-corrected chi connectivity index (χ1v) is 5.77. The third kappa shape index (κ3) is 2.76. The van der Waals surface area contributed by atoms with Crippen molar-refractivity contribution in [2.45, 2.75) is 18.9 Å². The predicted molar refractivity (Wildman–Crippen MR) is 65.6 cm³/mol. The Morgan fingerprint density at radius 3 is 2.94 bits per heavy atom. The molecule has 0 spiro atoms. The SMILES string of the molecule is CNc1ncnc(NCC2CCCO2)c1OC. The molecule has 2 N–H and O–H groups in total.